The van der Waals surface area contributed by atoms with Gasteiger partial charge in [-0.1, -0.05) is 23.7 Å². The second-order valence-corrected chi connectivity index (χ2v) is 10.7. The topological polar surface area (TPSA) is 122 Å². The molecule has 1 fully saturated rings. The minimum atomic E-state index is -4.45. The molecule has 2 unspecified atom stereocenters. The van der Waals surface area contributed by atoms with Crippen molar-refractivity contribution >= 4 is 44.4 Å². The van der Waals surface area contributed by atoms with Crippen LogP contribution in [0.3, 0.4) is 0 Å². The van der Waals surface area contributed by atoms with E-state index in [0.717, 1.165) is 23.4 Å². The van der Waals surface area contributed by atoms with Crippen LogP contribution in [0.1, 0.15) is 17.9 Å². The molecule has 3 aromatic rings. The van der Waals surface area contributed by atoms with Gasteiger partial charge in [0.05, 0.1) is 6.61 Å². The Balaban J connectivity index is 1.53. The predicted octanol–water partition coefficient (Wildman–Crippen LogP) is 4.43. The quantitative estimate of drug-likeness (QED) is 0.451. The van der Waals surface area contributed by atoms with Crippen molar-refractivity contribution in [2.75, 3.05) is 24.4 Å². The van der Waals surface area contributed by atoms with Crippen molar-refractivity contribution in [3.63, 3.8) is 0 Å². The van der Waals surface area contributed by atoms with Gasteiger partial charge in [0.1, 0.15) is 17.0 Å². The number of anilines is 1. The molecule has 2 heterocycles. The van der Waals surface area contributed by atoms with Gasteiger partial charge in [0, 0.05) is 47.7 Å². The van der Waals surface area contributed by atoms with E-state index in [1.807, 2.05) is 16.9 Å². The maximum atomic E-state index is 14.7. The van der Waals surface area contributed by atoms with Crippen LogP contribution in [0, 0.1) is 17.6 Å². The Hall–Kier alpha value is -3.03. The zero-order chi connectivity index (χ0) is 25.2. The molecule has 0 radical (unpaired) electrons. The molecular weight excluding hydrogens is 526 g/mol. The number of sulfonamides is 1. The summed E-state index contributed by atoms with van der Waals surface area (Å²) in [4.78, 5) is 15.5. The lowest BCUT2D eigenvalue weighted by Gasteiger charge is -2.37. The van der Waals surface area contributed by atoms with Crippen LogP contribution in [0.15, 0.2) is 47.6 Å². The molecule has 1 aromatic heterocycles. The molecule has 1 aliphatic rings. The summed E-state index contributed by atoms with van der Waals surface area (Å²) in [5.41, 5.74) is 0.920. The smallest absolute Gasteiger partial charge is 0.407 e. The normalized spacial score (nSPS) is 18.3. The average Bonchev–Trinajstić information content (AvgIpc) is 3.32. The molecule has 2 aromatic carbocycles. The lowest BCUT2D eigenvalue weighted by Crippen LogP contribution is -2.44. The standard InChI is InChI=1S/C21H19ClF2N4O5S2/c22-14-3-1-12(2-4-14)15-5-6-28(21(29)30)9-13(15)10-33-18-7-17(24)19(8-16(18)23)35(31,32)27-20-25-11-26-34-20/h1-4,7-8,11,13,15H,5-6,9-10H2,(H,29,30)(H,25,26,27). The maximum absolute atomic E-state index is 14.7. The molecule has 0 spiro atoms. The average molecular weight is 545 g/mol. The molecular formula is C21H19ClF2N4O5S2. The summed E-state index contributed by atoms with van der Waals surface area (Å²) in [7, 11) is -4.45. The number of benzene rings is 2. The van der Waals surface area contributed by atoms with Crippen LogP contribution < -0.4 is 9.46 Å². The van der Waals surface area contributed by atoms with Crippen molar-refractivity contribution in [1.29, 1.82) is 0 Å². The van der Waals surface area contributed by atoms with Gasteiger partial charge < -0.3 is 14.7 Å². The molecule has 9 nitrogen and oxygen atoms in total. The highest BCUT2D eigenvalue weighted by Crippen LogP contribution is 2.35. The monoisotopic (exact) mass is 544 g/mol. The third-order valence-corrected chi connectivity index (χ3v) is 7.93. The molecule has 4 rings (SSSR count). The molecule has 0 saturated carbocycles. The summed E-state index contributed by atoms with van der Waals surface area (Å²) < 4.78 is 65.5. The fourth-order valence-corrected chi connectivity index (χ4v) is 5.79. The molecule has 0 bridgehead atoms. The molecule has 2 atom stereocenters. The number of nitrogens with zero attached hydrogens (tertiary/aromatic N) is 3. The molecule has 186 valence electrons. The summed E-state index contributed by atoms with van der Waals surface area (Å²) in [5.74, 6) is -3.27. The van der Waals surface area contributed by atoms with Crippen LogP contribution in [0.25, 0.3) is 0 Å². The third-order valence-electron chi connectivity index (χ3n) is 5.61. The summed E-state index contributed by atoms with van der Waals surface area (Å²) in [6, 6.07) is 8.29. The van der Waals surface area contributed by atoms with E-state index in [-0.39, 0.29) is 30.1 Å². The highest BCUT2D eigenvalue weighted by Gasteiger charge is 2.33. The number of amides is 1. The first kappa shape index (κ1) is 25.1. The van der Waals surface area contributed by atoms with Crippen molar-refractivity contribution < 1.29 is 31.8 Å². The zero-order valence-corrected chi connectivity index (χ0v) is 20.3. The zero-order valence-electron chi connectivity index (χ0n) is 17.9. The maximum Gasteiger partial charge on any atom is 0.407 e. The van der Waals surface area contributed by atoms with Gasteiger partial charge in [0.2, 0.25) is 5.13 Å². The van der Waals surface area contributed by atoms with E-state index in [9.17, 15) is 27.1 Å². The number of rotatable bonds is 7. The van der Waals surface area contributed by atoms with E-state index in [1.165, 1.54) is 4.90 Å². The number of hydrogen-bond donors (Lipinski definition) is 2. The van der Waals surface area contributed by atoms with E-state index in [2.05, 4.69) is 9.36 Å². The van der Waals surface area contributed by atoms with Crippen LogP contribution in [-0.4, -0.2) is 53.6 Å². The molecule has 14 heteroatoms. The van der Waals surface area contributed by atoms with Crippen molar-refractivity contribution in [3.05, 3.63) is 64.9 Å². The fourth-order valence-electron chi connectivity index (χ4n) is 3.94. The van der Waals surface area contributed by atoms with Crippen LogP contribution in [0.4, 0.5) is 18.7 Å². The van der Waals surface area contributed by atoms with Gasteiger partial charge in [0.25, 0.3) is 10.0 Å². The van der Waals surface area contributed by atoms with E-state index in [0.29, 0.717) is 30.1 Å². The first-order chi connectivity index (χ1) is 16.6. The Bertz CT molecular complexity index is 1310. The van der Waals surface area contributed by atoms with Crippen LogP contribution in [0.5, 0.6) is 5.75 Å². The lowest BCUT2D eigenvalue weighted by molar-refractivity contribution is 0.0927. The highest BCUT2D eigenvalue weighted by atomic mass is 35.5. The Labute approximate surface area is 208 Å². The largest absolute Gasteiger partial charge is 0.490 e. The number of carbonyl (C=O) groups is 1. The minimum Gasteiger partial charge on any atom is -0.490 e. The Morgan fingerprint density at radius 2 is 2.00 bits per heavy atom. The minimum absolute atomic E-state index is 0.0985. The van der Waals surface area contributed by atoms with Crippen LogP contribution in [0.2, 0.25) is 5.02 Å². The van der Waals surface area contributed by atoms with Crippen molar-refractivity contribution in [2.45, 2.75) is 17.2 Å². The summed E-state index contributed by atoms with van der Waals surface area (Å²) in [6.07, 6.45) is 0.539. The number of halogens is 3. The number of ether oxygens (including phenoxy) is 1. The lowest BCUT2D eigenvalue weighted by atomic mass is 9.81. The molecule has 2 N–H and O–H groups in total. The molecule has 1 amide bonds. The SMILES string of the molecule is O=C(O)N1CCC(c2ccc(Cl)cc2)C(COc2cc(F)c(S(=O)(=O)Nc3ncns3)cc2F)C1. The second kappa shape index (κ2) is 10.3. The number of aromatic nitrogens is 2. The van der Waals surface area contributed by atoms with E-state index >= 15 is 0 Å². The molecule has 1 saturated heterocycles. The number of likely N-dealkylation sites (tertiary alicyclic amines) is 1. The van der Waals surface area contributed by atoms with E-state index < -0.39 is 38.4 Å². The number of carboxylic acid groups (broad SMARTS) is 1. The predicted molar refractivity (Wildman–Crippen MR) is 124 cm³/mol. The van der Waals surface area contributed by atoms with Crippen molar-refractivity contribution in [1.82, 2.24) is 14.3 Å². The van der Waals surface area contributed by atoms with Crippen molar-refractivity contribution in [3.8, 4) is 5.75 Å². The van der Waals surface area contributed by atoms with E-state index in [1.54, 1.807) is 12.1 Å². The Morgan fingerprint density at radius 3 is 2.66 bits per heavy atom. The Kier molecular flexibility index (Phi) is 7.38. The second-order valence-electron chi connectivity index (χ2n) is 7.81. The van der Waals surface area contributed by atoms with Gasteiger partial charge in [-0.3, -0.25) is 4.72 Å². The summed E-state index contributed by atoms with van der Waals surface area (Å²) in [6.45, 7) is 0.323. The highest BCUT2D eigenvalue weighted by molar-refractivity contribution is 7.93. The van der Waals surface area contributed by atoms with Crippen molar-refractivity contribution in [2.24, 2.45) is 5.92 Å². The van der Waals surface area contributed by atoms with Gasteiger partial charge in [-0.15, -0.1) is 0 Å². The van der Waals surface area contributed by atoms with Gasteiger partial charge in [-0.25, -0.2) is 27.0 Å². The number of hydrogen-bond acceptors (Lipinski definition) is 7. The Morgan fingerprint density at radius 1 is 1.26 bits per heavy atom. The van der Waals surface area contributed by atoms with Gasteiger partial charge in [0.15, 0.2) is 11.6 Å². The third kappa shape index (κ3) is 5.80. The van der Waals surface area contributed by atoms with Gasteiger partial charge in [-0.05, 0) is 30.0 Å². The van der Waals surface area contributed by atoms with Crippen LogP contribution in [-0.2, 0) is 10.0 Å². The molecule has 1 aliphatic heterocycles. The van der Waals surface area contributed by atoms with Crippen LogP contribution >= 0.6 is 23.1 Å². The molecule has 0 aliphatic carbocycles. The van der Waals surface area contributed by atoms with E-state index in [4.69, 9.17) is 16.3 Å². The number of piperidine rings is 1. The molecule has 35 heavy (non-hydrogen) atoms. The first-order valence-corrected chi connectivity index (χ1v) is 12.9. The fraction of sp³-hybridized carbons (Fsp3) is 0.286. The summed E-state index contributed by atoms with van der Waals surface area (Å²) in [5, 5.41) is 9.86. The van der Waals surface area contributed by atoms with Gasteiger partial charge in [-0.2, -0.15) is 4.37 Å². The summed E-state index contributed by atoms with van der Waals surface area (Å²) >= 11 is 6.71. The van der Waals surface area contributed by atoms with Gasteiger partial charge >= 0.3 is 6.09 Å². The number of nitrogens with one attached hydrogen (secondary N) is 1. The first-order valence-electron chi connectivity index (χ1n) is 10.3.